The molecule has 1 N–H and O–H groups in total. The highest BCUT2D eigenvalue weighted by atomic mass is 15.3. The number of rotatable bonds is 6. The number of nitrogens with zero attached hydrogens (tertiary/aromatic N) is 2. The molecule has 1 heterocycles. The maximum Gasteiger partial charge on any atom is 0.0486 e. The number of hydrogen-bond acceptors (Lipinski definition) is 3. The Kier molecular flexibility index (Phi) is 5.41. The van der Waals surface area contributed by atoms with Crippen LogP contribution < -0.4 is 5.32 Å². The second kappa shape index (κ2) is 7.61. The quantitative estimate of drug-likeness (QED) is 0.825. The van der Waals surface area contributed by atoms with Gasteiger partial charge in [-0.3, -0.25) is 9.80 Å². The third-order valence-electron chi connectivity index (χ3n) is 7.74. The summed E-state index contributed by atoms with van der Waals surface area (Å²) >= 11 is 0. The lowest BCUT2D eigenvalue weighted by Gasteiger charge is -2.53. The number of hydrogen-bond donors (Lipinski definition) is 1. The summed E-state index contributed by atoms with van der Waals surface area (Å²) in [5.41, 5.74) is 2.18. The van der Waals surface area contributed by atoms with Crippen molar-refractivity contribution < 1.29 is 0 Å². The van der Waals surface area contributed by atoms with Crippen LogP contribution in [0.25, 0.3) is 0 Å². The van der Waals surface area contributed by atoms with Gasteiger partial charge >= 0.3 is 0 Å². The Balaban J connectivity index is 1.53. The molecular formula is C23H37N3. The molecule has 144 valence electrons. The van der Waals surface area contributed by atoms with Gasteiger partial charge in [-0.2, -0.15) is 0 Å². The summed E-state index contributed by atoms with van der Waals surface area (Å²) in [5.74, 6) is 0.968. The van der Waals surface area contributed by atoms with Crippen LogP contribution in [-0.4, -0.2) is 48.7 Å². The van der Waals surface area contributed by atoms with E-state index in [1.807, 2.05) is 0 Å². The van der Waals surface area contributed by atoms with E-state index in [1.165, 1.54) is 76.6 Å². The molecule has 26 heavy (non-hydrogen) atoms. The second-order valence-electron chi connectivity index (χ2n) is 9.15. The van der Waals surface area contributed by atoms with E-state index in [9.17, 15) is 0 Å². The van der Waals surface area contributed by atoms with Crippen LogP contribution in [0.3, 0.4) is 0 Å². The van der Waals surface area contributed by atoms with Crippen LogP contribution in [0.1, 0.15) is 63.9 Å². The third-order valence-corrected chi connectivity index (χ3v) is 7.74. The highest BCUT2D eigenvalue weighted by molar-refractivity contribution is 5.26. The van der Waals surface area contributed by atoms with Gasteiger partial charge in [0.25, 0.3) is 0 Å². The lowest BCUT2D eigenvalue weighted by Crippen LogP contribution is -2.56. The first-order chi connectivity index (χ1) is 12.7. The number of nitrogens with one attached hydrogen (secondary N) is 1. The lowest BCUT2D eigenvalue weighted by molar-refractivity contribution is -0.00482. The monoisotopic (exact) mass is 355 g/mol. The van der Waals surface area contributed by atoms with Crippen molar-refractivity contribution in [3.63, 3.8) is 0 Å². The third kappa shape index (κ3) is 3.23. The van der Waals surface area contributed by atoms with Crippen molar-refractivity contribution in [1.82, 2.24) is 15.1 Å². The van der Waals surface area contributed by atoms with Crippen molar-refractivity contribution in [1.29, 1.82) is 0 Å². The summed E-state index contributed by atoms with van der Waals surface area (Å²) in [6.45, 7) is 7.13. The van der Waals surface area contributed by atoms with E-state index in [-0.39, 0.29) is 5.54 Å². The second-order valence-corrected chi connectivity index (χ2v) is 9.15. The van der Waals surface area contributed by atoms with E-state index < -0.39 is 0 Å². The highest BCUT2D eigenvalue weighted by Gasteiger charge is 2.50. The van der Waals surface area contributed by atoms with Gasteiger partial charge < -0.3 is 5.32 Å². The molecule has 0 aromatic heterocycles. The Labute approximate surface area is 160 Å². The molecule has 0 unspecified atom stereocenters. The molecule has 0 amide bonds. The Hall–Kier alpha value is -0.900. The van der Waals surface area contributed by atoms with Crippen molar-refractivity contribution in [3.05, 3.63) is 35.9 Å². The summed E-state index contributed by atoms with van der Waals surface area (Å²) in [6, 6.07) is 11.3. The fourth-order valence-electron chi connectivity index (χ4n) is 5.76. The van der Waals surface area contributed by atoms with Crippen molar-refractivity contribution in [3.8, 4) is 0 Å². The van der Waals surface area contributed by atoms with E-state index in [4.69, 9.17) is 0 Å². The van der Waals surface area contributed by atoms with E-state index in [0.29, 0.717) is 5.54 Å². The van der Waals surface area contributed by atoms with Crippen molar-refractivity contribution in [2.75, 3.05) is 33.4 Å². The molecule has 3 heteroatoms. The molecule has 2 aliphatic carbocycles. The molecule has 0 bridgehead atoms. The molecule has 0 radical (unpaired) electrons. The molecule has 1 aromatic carbocycles. The average Bonchev–Trinajstić information content (AvgIpc) is 3.02. The van der Waals surface area contributed by atoms with Gasteiger partial charge in [0.15, 0.2) is 0 Å². The molecular weight excluding hydrogens is 318 g/mol. The van der Waals surface area contributed by atoms with Crippen LogP contribution in [0.5, 0.6) is 0 Å². The zero-order valence-corrected chi connectivity index (χ0v) is 16.8. The lowest BCUT2D eigenvalue weighted by atomic mass is 9.68. The SMILES string of the molecule is CCCN(C)[C@]1(c2ccccc2)CC[C@]2(CC1)CNCN2CC1CCC1. The van der Waals surface area contributed by atoms with Gasteiger partial charge in [-0.1, -0.05) is 43.7 Å². The maximum atomic E-state index is 3.72. The van der Waals surface area contributed by atoms with Gasteiger partial charge in [0, 0.05) is 30.8 Å². The first-order valence-electron chi connectivity index (χ1n) is 10.9. The van der Waals surface area contributed by atoms with E-state index in [1.54, 1.807) is 0 Å². The summed E-state index contributed by atoms with van der Waals surface area (Å²) in [7, 11) is 2.35. The van der Waals surface area contributed by atoms with E-state index in [2.05, 4.69) is 59.4 Å². The van der Waals surface area contributed by atoms with Crippen LogP contribution in [0, 0.1) is 5.92 Å². The summed E-state index contributed by atoms with van der Waals surface area (Å²) in [4.78, 5) is 5.49. The summed E-state index contributed by atoms with van der Waals surface area (Å²) < 4.78 is 0. The number of benzene rings is 1. The molecule has 4 rings (SSSR count). The van der Waals surface area contributed by atoms with Gasteiger partial charge in [-0.25, -0.2) is 0 Å². The largest absolute Gasteiger partial charge is 0.302 e. The predicted octanol–water partition coefficient (Wildman–Crippen LogP) is 4.20. The normalized spacial score (nSPS) is 33.0. The minimum atomic E-state index is 0.229. The minimum Gasteiger partial charge on any atom is -0.302 e. The zero-order chi connectivity index (χ0) is 18.0. The minimum absolute atomic E-state index is 0.229. The van der Waals surface area contributed by atoms with Gasteiger partial charge in [-0.05, 0) is 70.0 Å². The molecule has 1 spiro atoms. The van der Waals surface area contributed by atoms with Crippen molar-refractivity contribution in [2.24, 2.45) is 5.92 Å². The fourth-order valence-corrected chi connectivity index (χ4v) is 5.76. The van der Waals surface area contributed by atoms with Crippen molar-refractivity contribution >= 4 is 0 Å². The van der Waals surface area contributed by atoms with Crippen LogP contribution in [0.4, 0.5) is 0 Å². The summed E-state index contributed by atoms with van der Waals surface area (Å²) in [5, 5.41) is 3.72. The first kappa shape index (κ1) is 18.5. The molecule has 1 aromatic rings. The topological polar surface area (TPSA) is 18.5 Å². The van der Waals surface area contributed by atoms with Crippen LogP contribution in [-0.2, 0) is 5.54 Å². The highest BCUT2D eigenvalue weighted by Crippen LogP contribution is 2.48. The van der Waals surface area contributed by atoms with E-state index in [0.717, 1.165) is 12.6 Å². The Morgan fingerprint density at radius 1 is 1.12 bits per heavy atom. The van der Waals surface area contributed by atoms with Gasteiger partial charge in [0.1, 0.15) is 0 Å². The van der Waals surface area contributed by atoms with Crippen LogP contribution >= 0.6 is 0 Å². The molecule has 1 aliphatic heterocycles. The molecule has 2 saturated carbocycles. The smallest absolute Gasteiger partial charge is 0.0486 e. The first-order valence-corrected chi connectivity index (χ1v) is 10.9. The Morgan fingerprint density at radius 2 is 1.85 bits per heavy atom. The van der Waals surface area contributed by atoms with Gasteiger partial charge in [0.2, 0.25) is 0 Å². The molecule has 0 atom stereocenters. The van der Waals surface area contributed by atoms with E-state index >= 15 is 0 Å². The predicted molar refractivity (Wildman–Crippen MR) is 109 cm³/mol. The van der Waals surface area contributed by atoms with Gasteiger partial charge in [-0.15, -0.1) is 0 Å². The summed E-state index contributed by atoms with van der Waals surface area (Å²) in [6.07, 6.45) is 10.8. The van der Waals surface area contributed by atoms with Crippen molar-refractivity contribution in [2.45, 2.75) is 69.4 Å². The Morgan fingerprint density at radius 3 is 2.46 bits per heavy atom. The Bertz CT molecular complexity index is 572. The molecule has 3 nitrogen and oxygen atoms in total. The van der Waals surface area contributed by atoms with Crippen LogP contribution in [0.15, 0.2) is 30.3 Å². The molecule has 3 aliphatic rings. The maximum absolute atomic E-state index is 3.72. The molecule has 3 fully saturated rings. The average molecular weight is 356 g/mol. The van der Waals surface area contributed by atoms with Crippen LogP contribution in [0.2, 0.25) is 0 Å². The zero-order valence-electron chi connectivity index (χ0n) is 16.8. The standard InChI is InChI=1S/C23H37N3/c1-3-16-25(2)23(21-10-5-4-6-11-21)14-12-22(13-15-23)18-24-19-26(22)17-20-8-7-9-20/h4-6,10-11,20,24H,3,7-9,12-19H2,1-2H3/t22-,23+. The molecule has 1 saturated heterocycles. The fraction of sp³-hybridized carbons (Fsp3) is 0.739. The van der Waals surface area contributed by atoms with Gasteiger partial charge in [0.05, 0.1) is 0 Å².